The average molecular weight is 173 g/mol. The molecule has 2 rings (SSSR count). The maximum absolute atomic E-state index is 8.55. The Morgan fingerprint density at radius 3 is 2.92 bits per heavy atom. The normalized spacial score (nSPS) is 15.3. The van der Waals surface area contributed by atoms with Crippen molar-refractivity contribution in [1.29, 1.82) is 5.26 Å². The van der Waals surface area contributed by atoms with Crippen LogP contribution in [0, 0.1) is 11.3 Å². The van der Waals surface area contributed by atoms with E-state index in [0.29, 0.717) is 11.6 Å². The highest BCUT2D eigenvalue weighted by molar-refractivity contribution is 5.26. The number of nitrogens with one attached hydrogen (secondary N) is 1. The molecule has 1 N–H and O–H groups in total. The topological polar surface area (TPSA) is 48.7 Å². The van der Waals surface area contributed by atoms with Crippen molar-refractivity contribution in [2.24, 2.45) is 0 Å². The van der Waals surface area contributed by atoms with Crippen LogP contribution in [-0.4, -0.2) is 11.0 Å². The molecular weight excluding hydrogens is 162 g/mol. The molecule has 0 aliphatic heterocycles. The van der Waals surface area contributed by atoms with Crippen molar-refractivity contribution in [3.05, 3.63) is 29.6 Å². The highest BCUT2D eigenvalue weighted by Gasteiger charge is 2.19. The molecule has 0 spiro atoms. The molecule has 0 unspecified atom stereocenters. The quantitative estimate of drug-likeness (QED) is 0.747. The number of rotatable bonds is 3. The predicted octanol–water partition coefficient (Wildman–Crippen LogP) is 1.21. The van der Waals surface area contributed by atoms with Gasteiger partial charge >= 0.3 is 0 Å². The first-order valence-electron chi connectivity index (χ1n) is 4.47. The first-order chi connectivity index (χ1) is 6.38. The van der Waals surface area contributed by atoms with Crippen LogP contribution in [0.5, 0.6) is 0 Å². The summed E-state index contributed by atoms with van der Waals surface area (Å²) in [6.07, 6.45) is 4.19. The zero-order chi connectivity index (χ0) is 9.10. The number of hydrogen-bond acceptors (Lipinski definition) is 3. The Balaban J connectivity index is 1.93. The van der Waals surface area contributed by atoms with Crippen molar-refractivity contribution in [2.75, 3.05) is 0 Å². The first-order valence-corrected chi connectivity index (χ1v) is 4.47. The summed E-state index contributed by atoms with van der Waals surface area (Å²) in [5, 5.41) is 11.9. The second-order valence-corrected chi connectivity index (χ2v) is 3.31. The van der Waals surface area contributed by atoms with Gasteiger partial charge in [-0.1, -0.05) is 0 Å². The summed E-state index contributed by atoms with van der Waals surface area (Å²) < 4.78 is 0. The molecule has 1 saturated carbocycles. The van der Waals surface area contributed by atoms with E-state index in [0.717, 1.165) is 12.2 Å². The molecule has 13 heavy (non-hydrogen) atoms. The summed E-state index contributed by atoms with van der Waals surface area (Å²) in [5.41, 5.74) is 1.63. The van der Waals surface area contributed by atoms with Gasteiger partial charge < -0.3 is 5.32 Å². The maximum atomic E-state index is 8.55. The number of aromatic nitrogens is 1. The predicted molar refractivity (Wildman–Crippen MR) is 48.8 cm³/mol. The smallest absolute Gasteiger partial charge is 0.101 e. The van der Waals surface area contributed by atoms with Gasteiger partial charge in [-0.3, -0.25) is 4.98 Å². The van der Waals surface area contributed by atoms with Crippen LogP contribution in [0.25, 0.3) is 0 Å². The fraction of sp³-hybridized carbons (Fsp3) is 0.400. The number of nitrogens with zero attached hydrogens (tertiary/aromatic N) is 2. The molecule has 0 saturated heterocycles. The van der Waals surface area contributed by atoms with Gasteiger partial charge in [0.2, 0.25) is 0 Å². The van der Waals surface area contributed by atoms with Crippen LogP contribution in [-0.2, 0) is 6.54 Å². The summed E-state index contributed by atoms with van der Waals surface area (Å²) in [6, 6.07) is 6.45. The van der Waals surface area contributed by atoms with E-state index in [-0.39, 0.29) is 0 Å². The Kier molecular flexibility index (Phi) is 2.24. The molecule has 0 atom stereocenters. The van der Waals surface area contributed by atoms with Gasteiger partial charge in [-0.15, -0.1) is 0 Å². The molecule has 1 heterocycles. The molecule has 1 aromatic rings. The number of pyridine rings is 1. The van der Waals surface area contributed by atoms with Gasteiger partial charge in [0, 0.05) is 18.8 Å². The maximum Gasteiger partial charge on any atom is 0.101 e. The van der Waals surface area contributed by atoms with Crippen LogP contribution < -0.4 is 5.32 Å². The SMILES string of the molecule is N#Cc1ccc(CNC2CC2)nc1. The van der Waals surface area contributed by atoms with Crippen molar-refractivity contribution < 1.29 is 0 Å². The van der Waals surface area contributed by atoms with E-state index in [1.165, 1.54) is 12.8 Å². The minimum absolute atomic E-state index is 0.621. The second kappa shape index (κ2) is 3.55. The third-order valence-electron chi connectivity index (χ3n) is 2.10. The van der Waals surface area contributed by atoms with E-state index < -0.39 is 0 Å². The molecule has 1 aliphatic rings. The summed E-state index contributed by atoms with van der Waals surface area (Å²) in [7, 11) is 0. The highest BCUT2D eigenvalue weighted by Crippen LogP contribution is 2.18. The monoisotopic (exact) mass is 173 g/mol. The molecule has 66 valence electrons. The third kappa shape index (κ3) is 2.27. The summed E-state index contributed by atoms with van der Waals surface area (Å²) >= 11 is 0. The van der Waals surface area contributed by atoms with Gasteiger partial charge in [0.15, 0.2) is 0 Å². The van der Waals surface area contributed by atoms with Crippen molar-refractivity contribution >= 4 is 0 Å². The van der Waals surface area contributed by atoms with Gasteiger partial charge in [-0.25, -0.2) is 0 Å². The van der Waals surface area contributed by atoms with E-state index in [1.54, 1.807) is 12.3 Å². The molecule has 3 nitrogen and oxygen atoms in total. The molecule has 1 aromatic heterocycles. The zero-order valence-electron chi connectivity index (χ0n) is 7.33. The Labute approximate surface area is 77.4 Å². The summed E-state index contributed by atoms with van der Waals surface area (Å²) in [4.78, 5) is 4.16. The van der Waals surface area contributed by atoms with Gasteiger partial charge in [-0.05, 0) is 25.0 Å². The van der Waals surface area contributed by atoms with E-state index in [4.69, 9.17) is 5.26 Å². The summed E-state index contributed by atoms with van der Waals surface area (Å²) in [5.74, 6) is 0. The Hall–Kier alpha value is -1.40. The Morgan fingerprint density at radius 2 is 2.38 bits per heavy atom. The Bertz CT molecular complexity index is 319. The van der Waals surface area contributed by atoms with E-state index >= 15 is 0 Å². The summed E-state index contributed by atoms with van der Waals surface area (Å²) in [6.45, 7) is 0.816. The molecular formula is C10H11N3. The molecule has 0 bridgehead atoms. The molecule has 0 amide bonds. The minimum atomic E-state index is 0.621. The lowest BCUT2D eigenvalue weighted by molar-refractivity contribution is 0.674. The fourth-order valence-corrected chi connectivity index (χ4v) is 1.13. The van der Waals surface area contributed by atoms with Crippen molar-refractivity contribution in [2.45, 2.75) is 25.4 Å². The lowest BCUT2D eigenvalue weighted by atomic mass is 10.2. The van der Waals surface area contributed by atoms with Crippen LogP contribution in [0.15, 0.2) is 18.3 Å². The van der Waals surface area contributed by atoms with Crippen molar-refractivity contribution in [3.8, 4) is 6.07 Å². The van der Waals surface area contributed by atoms with Crippen LogP contribution >= 0.6 is 0 Å². The van der Waals surface area contributed by atoms with Crippen LogP contribution in [0.2, 0.25) is 0 Å². The van der Waals surface area contributed by atoms with Crippen LogP contribution in [0.4, 0.5) is 0 Å². The van der Waals surface area contributed by atoms with Crippen molar-refractivity contribution in [1.82, 2.24) is 10.3 Å². The average Bonchev–Trinajstić information content (AvgIpc) is 2.99. The van der Waals surface area contributed by atoms with Crippen LogP contribution in [0.1, 0.15) is 24.1 Å². The number of nitriles is 1. The highest BCUT2D eigenvalue weighted by atomic mass is 15.0. The van der Waals surface area contributed by atoms with Gasteiger partial charge in [0.25, 0.3) is 0 Å². The van der Waals surface area contributed by atoms with E-state index in [9.17, 15) is 0 Å². The van der Waals surface area contributed by atoms with Gasteiger partial charge in [0.1, 0.15) is 6.07 Å². The molecule has 0 radical (unpaired) electrons. The molecule has 0 aromatic carbocycles. The molecule has 3 heteroatoms. The lowest BCUT2D eigenvalue weighted by Gasteiger charge is -2.00. The van der Waals surface area contributed by atoms with E-state index in [2.05, 4.69) is 10.3 Å². The van der Waals surface area contributed by atoms with Crippen molar-refractivity contribution in [3.63, 3.8) is 0 Å². The standard InChI is InChI=1S/C10H11N3/c11-5-8-1-2-10(12-6-8)7-13-9-3-4-9/h1-2,6,9,13H,3-4,7H2. The fourth-order valence-electron chi connectivity index (χ4n) is 1.13. The molecule has 1 aliphatic carbocycles. The van der Waals surface area contributed by atoms with Gasteiger partial charge in [0.05, 0.1) is 11.3 Å². The second-order valence-electron chi connectivity index (χ2n) is 3.31. The largest absolute Gasteiger partial charge is 0.308 e. The molecule has 1 fully saturated rings. The third-order valence-corrected chi connectivity index (χ3v) is 2.10. The van der Waals surface area contributed by atoms with Gasteiger partial charge in [-0.2, -0.15) is 5.26 Å². The Morgan fingerprint density at radius 1 is 1.54 bits per heavy atom. The number of hydrogen-bond donors (Lipinski definition) is 1. The minimum Gasteiger partial charge on any atom is -0.308 e. The zero-order valence-corrected chi connectivity index (χ0v) is 7.33. The first kappa shape index (κ1) is 8.21. The lowest BCUT2D eigenvalue weighted by Crippen LogP contribution is -2.16. The van der Waals surface area contributed by atoms with Crippen LogP contribution in [0.3, 0.4) is 0 Å². The van der Waals surface area contributed by atoms with E-state index in [1.807, 2.05) is 12.1 Å².